The molecule has 2 bridgehead atoms. The van der Waals surface area contributed by atoms with Gasteiger partial charge in [0.2, 0.25) is 11.8 Å². The van der Waals surface area contributed by atoms with Gasteiger partial charge in [-0.15, -0.1) is 13.2 Å². The summed E-state index contributed by atoms with van der Waals surface area (Å²) in [5, 5.41) is 10.5. The summed E-state index contributed by atoms with van der Waals surface area (Å²) in [5.41, 5.74) is 0.628. The zero-order valence-corrected chi connectivity index (χ0v) is 29.0. The molecule has 9 nitrogen and oxygen atoms in total. The molecule has 3 fully saturated rings. The molecule has 0 aliphatic carbocycles. The molecule has 0 saturated carbocycles. The summed E-state index contributed by atoms with van der Waals surface area (Å²) in [7, 11) is 0. The van der Waals surface area contributed by atoms with Crippen molar-refractivity contribution in [3.05, 3.63) is 85.5 Å². The molecule has 2 unspecified atom stereocenters. The van der Waals surface area contributed by atoms with Crippen molar-refractivity contribution in [1.82, 2.24) is 9.80 Å². The third-order valence-electron chi connectivity index (χ3n) is 10.9. The van der Waals surface area contributed by atoms with Crippen LogP contribution in [0.15, 0.2) is 79.9 Å². The second-order valence-electron chi connectivity index (χ2n) is 13.2. The summed E-state index contributed by atoms with van der Waals surface area (Å²) in [6, 6.07) is 16.0. The van der Waals surface area contributed by atoms with E-state index in [1.807, 2.05) is 68.4 Å². The van der Waals surface area contributed by atoms with Crippen molar-refractivity contribution in [3.63, 3.8) is 0 Å². The van der Waals surface area contributed by atoms with Crippen LogP contribution < -0.4 is 9.80 Å². The molecule has 258 valence electrons. The van der Waals surface area contributed by atoms with Crippen molar-refractivity contribution in [2.45, 2.75) is 83.2 Å². The number of benzene rings is 2. The first-order valence-electron chi connectivity index (χ1n) is 17.5. The van der Waals surface area contributed by atoms with Crippen LogP contribution in [0.25, 0.3) is 0 Å². The fraction of sp³-hybridized carbons (Fsp3) is 0.513. The lowest BCUT2D eigenvalue weighted by Gasteiger charge is -2.39. The molecule has 1 N–H and O–H groups in total. The SMILES string of the molecule is C=CCN(Cc1ccccc1)C(=O)[C@H]1[C@H]2C(=O)N([C@@H](CC)CO)C(C(=O)N(CC=C)c3ccc(N(CC)CC)cc3)C23CC[C@]1(CC)O3. The van der Waals surface area contributed by atoms with Crippen LogP contribution in [0.5, 0.6) is 0 Å². The summed E-state index contributed by atoms with van der Waals surface area (Å²) in [4.78, 5) is 51.8. The minimum Gasteiger partial charge on any atom is -0.394 e. The number of rotatable bonds is 16. The van der Waals surface area contributed by atoms with Gasteiger partial charge in [-0.3, -0.25) is 14.4 Å². The summed E-state index contributed by atoms with van der Waals surface area (Å²) >= 11 is 0. The Morgan fingerprint density at radius 1 is 0.958 bits per heavy atom. The molecule has 9 heteroatoms. The number of ether oxygens (including phenoxy) is 1. The summed E-state index contributed by atoms with van der Waals surface area (Å²) in [6.45, 7) is 18.3. The average Bonchev–Trinajstić information content (AvgIpc) is 3.72. The van der Waals surface area contributed by atoms with Crippen molar-refractivity contribution in [2.75, 3.05) is 42.6 Å². The number of anilines is 2. The molecule has 6 atom stereocenters. The molecule has 3 heterocycles. The van der Waals surface area contributed by atoms with E-state index in [0.717, 1.165) is 24.3 Å². The summed E-state index contributed by atoms with van der Waals surface area (Å²) < 4.78 is 7.05. The fourth-order valence-corrected chi connectivity index (χ4v) is 8.54. The van der Waals surface area contributed by atoms with Crippen LogP contribution in [-0.2, 0) is 25.7 Å². The zero-order chi connectivity index (χ0) is 34.6. The number of hydrogen-bond acceptors (Lipinski definition) is 6. The van der Waals surface area contributed by atoms with Crippen LogP contribution in [0.4, 0.5) is 11.4 Å². The van der Waals surface area contributed by atoms with Crippen molar-refractivity contribution in [1.29, 1.82) is 0 Å². The largest absolute Gasteiger partial charge is 0.394 e. The van der Waals surface area contributed by atoms with Crippen LogP contribution in [-0.4, -0.2) is 88.7 Å². The van der Waals surface area contributed by atoms with E-state index in [2.05, 4.69) is 31.9 Å². The maximum Gasteiger partial charge on any atom is 0.253 e. The van der Waals surface area contributed by atoms with Gasteiger partial charge in [-0.25, -0.2) is 0 Å². The highest BCUT2D eigenvalue weighted by molar-refractivity contribution is 6.05. The van der Waals surface area contributed by atoms with Crippen LogP contribution in [0.1, 0.15) is 58.9 Å². The van der Waals surface area contributed by atoms with Crippen molar-refractivity contribution >= 4 is 29.1 Å². The maximum atomic E-state index is 15.0. The van der Waals surface area contributed by atoms with Gasteiger partial charge in [-0.05, 0) is 69.4 Å². The van der Waals surface area contributed by atoms with E-state index in [9.17, 15) is 14.7 Å². The fourth-order valence-electron chi connectivity index (χ4n) is 8.54. The molecule has 0 aromatic heterocycles. The smallest absolute Gasteiger partial charge is 0.253 e. The number of carbonyl (C=O) groups is 3. The summed E-state index contributed by atoms with van der Waals surface area (Å²) in [6.07, 6.45) is 5.39. The van der Waals surface area contributed by atoms with Crippen LogP contribution in [0.2, 0.25) is 0 Å². The molecule has 3 saturated heterocycles. The quantitative estimate of drug-likeness (QED) is 0.250. The van der Waals surface area contributed by atoms with Crippen LogP contribution in [0, 0.1) is 11.8 Å². The second-order valence-corrected chi connectivity index (χ2v) is 13.2. The highest BCUT2D eigenvalue weighted by Gasteiger charge is 2.79. The Hall–Kier alpha value is -3.95. The van der Waals surface area contributed by atoms with Crippen molar-refractivity contribution < 1.29 is 24.2 Å². The van der Waals surface area contributed by atoms with E-state index in [0.29, 0.717) is 44.5 Å². The standard InChI is InChI=1S/C39H52N4O5/c1-7-24-41(26-28-16-14-13-15-17-28)35(45)32-33-36(46)43(29(9-3)27-44)34(39(33)23-22-38(32,10-4)48-39)37(47)42(25-8-2)31-20-18-30(19-21-31)40(11-5)12-6/h7-8,13-21,29,32-34,44H,1-2,9-12,22-27H2,3-6H3/t29-,32+,33-,34?,38-,39?/m0/s1. The van der Waals surface area contributed by atoms with Gasteiger partial charge in [0.05, 0.1) is 30.1 Å². The van der Waals surface area contributed by atoms with E-state index in [-0.39, 0.29) is 30.9 Å². The van der Waals surface area contributed by atoms with E-state index in [4.69, 9.17) is 4.74 Å². The van der Waals surface area contributed by atoms with Gasteiger partial charge in [0.15, 0.2) is 0 Å². The number of aliphatic hydroxyl groups is 1. The average molecular weight is 657 g/mol. The lowest BCUT2D eigenvalue weighted by atomic mass is 9.64. The topological polar surface area (TPSA) is 93.6 Å². The lowest BCUT2D eigenvalue weighted by Crippen LogP contribution is -2.59. The molecule has 3 aliphatic heterocycles. The Kier molecular flexibility index (Phi) is 10.8. The van der Waals surface area contributed by atoms with Gasteiger partial charge in [0.1, 0.15) is 11.6 Å². The van der Waals surface area contributed by atoms with Gasteiger partial charge < -0.3 is 29.4 Å². The first-order chi connectivity index (χ1) is 23.2. The predicted octanol–water partition coefficient (Wildman–Crippen LogP) is 5.19. The Morgan fingerprint density at radius 3 is 2.17 bits per heavy atom. The van der Waals surface area contributed by atoms with Gasteiger partial charge in [-0.2, -0.15) is 0 Å². The number of aliphatic hydroxyl groups excluding tert-OH is 1. The number of carbonyl (C=O) groups excluding carboxylic acids is 3. The molecule has 2 aromatic carbocycles. The Balaban J connectivity index is 1.58. The molecule has 3 amide bonds. The number of nitrogens with zero attached hydrogens (tertiary/aromatic N) is 4. The Labute approximate surface area is 285 Å². The Bertz CT molecular complexity index is 1470. The molecule has 2 aromatic rings. The Morgan fingerprint density at radius 2 is 1.60 bits per heavy atom. The van der Waals surface area contributed by atoms with Gasteiger partial charge in [0.25, 0.3) is 5.91 Å². The van der Waals surface area contributed by atoms with E-state index in [1.54, 1.807) is 26.9 Å². The minimum absolute atomic E-state index is 0.166. The molecule has 5 rings (SSSR count). The molecule has 1 spiro atoms. The van der Waals surface area contributed by atoms with Gasteiger partial charge in [0, 0.05) is 44.1 Å². The number of likely N-dealkylation sites (tertiary alicyclic amines) is 1. The monoisotopic (exact) mass is 656 g/mol. The predicted molar refractivity (Wildman–Crippen MR) is 189 cm³/mol. The zero-order valence-electron chi connectivity index (χ0n) is 29.0. The number of hydrogen-bond donors (Lipinski definition) is 1. The molecule has 48 heavy (non-hydrogen) atoms. The molecule has 3 aliphatic rings. The highest BCUT2D eigenvalue weighted by Crippen LogP contribution is 2.65. The first-order valence-corrected chi connectivity index (χ1v) is 17.5. The molecule has 0 radical (unpaired) electrons. The van der Waals surface area contributed by atoms with Crippen LogP contribution >= 0.6 is 0 Å². The molecular formula is C39H52N4O5. The van der Waals surface area contributed by atoms with Crippen LogP contribution in [0.3, 0.4) is 0 Å². The van der Waals surface area contributed by atoms with Gasteiger partial charge >= 0.3 is 0 Å². The van der Waals surface area contributed by atoms with Crippen molar-refractivity contribution in [2.24, 2.45) is 11.8 Å². The minimum atomic E-state index is -1.21. The highest BCUT2D eigenvalue weighted by atomic mass is 16.5. The van der Waals surface area contributed by atoms with E-state index < -0.39 is 35.1 Å². The third kappa shape index (κ3) is 5.85. The number of amides is 3. The van der Waals surface area contributed by atoms with E-state index in [1.165, 1.54) is 0 Å². The van der Waals surface area contributed by atoms with Gasteiger partial charge in [-0.1, -0.05) is 56.3 Å². The lowest BCUT2D eigenvalue weighted by molar-refractivity contribution is -0.154. The molecular weight excluding hydrogens is 604 g/mol. The van der Waals surface area contributed by atoms with E-state index >= 15 is 4.79 Å². The second kappa shape index (κ2) is 14.7. The normalized spacial score (nSPS) is 26.2. The maximum absolute atomic E-state index is 15.0. The first kappa shape index (κ1) is 35.4. The summed E-state index contributed by atoms with van der Waals surface area (Å²) in [5.74, 6) is -2.38. The third-order valence-corrected chi connectivity index (χ3v) is 10.9. The number of fused-ring (bicyclic) bond motifs is 1. The van der Waals surface area contributed by atoms with Crippen molar-refractivity contribution in [3.8, 4) is 0 Å².